The summed E-state index contributed by atoms with van der Waals surface area (Å²) in [5.74, 6) is -0.320. The highest BCUT2D eigenvalue weighted by Gasteiger charge is 2.07. The SMILES string of the molecule is CC(=S)N/N=C/c1ncc(F)c2c(C)cccc12. The van der Waals surface area contributed by atoms with Crippen molar-refractivity contribution in [3.05, 3.63) is 41.5 Å². The Morgan fingerprint density at radius 1 is 1.50 bits per heavy atom. The van der Waals surface area contributed by atoms with E-state index in [1.54, 1.807) is 6.92 Å². The molecule has 3 nitrogen and oxygen atoms in total. The molecule has 0 aliphatic rings. The van der Waals surface area contributed by atoms with Crippen molar-refractivity contribution in [2.75, 3.05) is 0 Å². The second-order valence-electron chi connectivity index (χ2n) is 3.92. The minimum Gasteiger partial charge on any atom is -0.272 e. The van der Waals surface area contributed by atoms with E-state index in [1.165, 1.54) is 12.4 Å². The molecule has 0 spiro atoms. The second-order valence-corrected chi connectivity index (χ2v) is 4.53. The molecule has 0 saturated heterocycles. The van der Waals surface area contributed by atoms with Gasteiger partial charge in [0.25, 0.3) is 0 Å². The van der Waals surface area contributed by atoms with Crippen LogP contribution in [0.15, 0.2) is 29.5 Å². The quantitative estimate of drug-likeness (QED) is 0.513. The van der Waals surface area contributed by atoms with Gasteiger partial charge in [0, 0.05) is 10.8 Å². The molecule has 1 N–H and O–H groups in total. The number of hydrogen-bond acceptors (Lipinski definition) is 3. The van der Waals surface area contributed by atoms with Crippen LogP contribution in [0.2, 0.25) is 0 Å². The average Bonchev–Trinajstić information content (AvgIpc) is 2.32. The molecular formula is C13H12FN3S. The van der Waals surface area contributed by atoms with Gasteiger partial charge in [-0.2, -0.15) is 5.10 Å². The Balaban J connectivity index is 2.53. The average molecular weight is 261 g/mol. The van der Waals surface area contributed by atoms with Crippen molar-refractivity contribution in [3.63, 3.8) is 0 Å². The van der Waals surface area contributed by atoms with Gasteiger partial charge in [-0.1, -0.05) is 30.4 Å². The van der Waals surface area contributed by atoms with Gasteiger partial charge >= 0.3 is 0 Å². The molecule has 0 aliphatic carbocycles. The van der Waals surface area contributed by atoms with Gasteiger partial charge in [0.2, 0.25) is 0 Å². The molecular weight excluding hydrogens is 249 g/mol. The highest BCUT2D eigenvalue weighted by molar-refractivity contribution is 7.80. The number of benzene rings is 1. The third kappa shape index (κ3) is 2.51. The van der Waals surface area contributed by atoms with E-state index in [1.807, 2.05) is 25.1 Å². The van der Waals surface area contributed by atoms with Crippen LogP contribution in [0.25, 0.3) is 10.8 Å². The molecule has 0 aliphatic heterocycles. The summed E-state index contributed by atoms with van der Waals surface area (Å²) in [6.45, 7) is 3.60. The van der Waals surface area contributed by atoms with Gasteiger partial charge in [-0.3, -0.25) is 10.4 Å². The third-order valence-electron chi connectivity index (χ3n) is 2.51. The predicted molar refractivity (Wildman–Crippen MR) is 75.4 cm³/mol. The Kier molecular flexibility index (Phi) is 3.62. The maximum absolute atomic E-state index is 13.7. The number of hydrogen-bond donors (Lipinski definition) is 1. The van der Waals surface area contributed by atoms with Crippen molar-refractivity contribution in [1.82, 2.24) is 10.4 Å². The smallest absolute Gasteiger partial charge is 0.149 e. The molecule has 18 heavy (non-hydrogen) atoms. The normalized spacial score (nSPS) is 11.1. The van der Waals surface area contributed by atoms with E-state index in [-0.39, 0.29) is 5.82 Å². The Labute approximate surface area is 110 Å². The van der Waals surface area contributed by atoms with Crippen LogP contribution in [-0.4, -0.2) is 16.2 Å². The molecule has 0 fully saturated rings. The zero-order chi connectivity index (χ0) is 13.1. The first-order valence-corrected chi connectivity index (χ1v) is 5.84. The molecule has 1 aromatic carbocycles. The zero-order valence-corrected chi connectivity index (χ0v) is 10.9. The predicted octanol–water partition coefficient (Wildman–Crippen LogP) is 2.95. The summed E-state index contributed by atoms with van der Waals surface area (Å²) in [7, 11) is 0. The zero-order valence-electron chi connectivity index (χ0n) is 10.1. The summed E-state index contributed by atoms with van der Waals surface area (Å²) >= 11 is 4.84. The molecule has 92 valence electrons. The molecule has 2 rings (SSSR count). The number of aryl methyl sites for hydroxylation is 1. The molecule has 1 heterocycles. The molecule has 0 unspecified atom stereocenters. The lowest BCUT2D eigenvalue weighted by molar-refractivity contribution is 0.633. The highest BCUT2D eigenvalue weighted by Crippen LogP contribution is 2.22. The van der Waals surface area contributed by atoms with Crippen LogP contribution in [0.4, 0.5) is 4.39 Å². The van der Waals surface area contributed by atoms with Crippen LogP contribution < -0.4 is 5.43 Å². The van der Waals surface area contributed by atoms with E-state index in [9.17, 15) is 4.39 Å². The number of hydrazone groups is 1. The first-order chi connectivity index (χ1) is 8.59. The number of pyridine rings is 1. The minimum absolute atomic E-state index is 0.320. The Bertz CT molecular complexity index is 629. The fourth-order valence-electron chi connectivity index (χ4n) is 1.75. The number of halogens is 1. The van der Waals surface area contributed by atoms with Crippen molar-refractivity contribution in [2.24, 2.45) is 5.10 Å². The molecule has 0 bridgehead atoms. The minimum atomic E-state index is -0.320. The summed E-state index contributed by atoms with van der Waals surface area (Å²) in [6.07, 6.45) is 2.75. The lowest BCUT2D eigenvalue weighted by Gasteiger charge is -2.05. The number of thiocarbonyl (C=S) groups is 1. The van der Waals surface area contributed by atoms with Crippen LogP contribution in [-0.2, 0) is 0 Å². The van der Waals surface area contributed by atoms with Gasteiger partial charge in [-0.25, -0.2) is 4.39 Å². The van der Waals surface area contributed by atoms with Gasteiger partial charge in [-0.15, -0.1) is 0 Å². The van der Waals surface area contributed by atoms with Crippen molar-refractivity contribution in [3.8, 4) is 0 Å². The standard InChI is InChI=1S/C13H12FN3S/c1-8-4-3-5-10-12(7-16-17-9(2)18)15-6-11(14)13(8)10/h3-7H,1-2H3,(H,17,18)/b16-7+. The Morgan fingerprint density at radius 3 is 3.00 bits per heavy atom. The number of nitrogens with zero attached hydrogens (tertiary/aromatic N) is 2. The van der Waals surface area contributed by atoms with Gasteiger partial charge in [0.05, 0.1) is 23.1 Å². The van der Waals surface area contributed by atoms with Crippen LogP contribution in [0.5, 0.6) is 0 Å². The third-order valence-corrected chi connectivity index (χ3v) is 2.60. The van der Waals surface area contributed by atoms with E-state index < -0.39 is 0 Å². The molecule has 1 aromatic heterocycles. The van der Waals surface area contributed by atoms with Gasteiger partial charge in [0.1, 0.15) is 5.82 Å². The van der Waals surface area contributed by atoms with Gasteiger partial charge in [0.15, 0.2) is 0 Å². The first kappa shape index (κ1) is 12.6. The lowest BCUT2D eigenvalue weighted by Crippen LogP contribution is -2.10. The van der Waals surface area contributed by atoms with Crippen molar-refractivity contribution in [2.45, 2.75) is 13.8 Å². The van der Waals surface area contributed by atoms with Crippen molar-refractivity contribution >= 4 is 34.2 Å². The van der Waals surface area contributed by atoms with Crippen LogP contribution >= 0.6 is 12.2 Å². The number of aromatic nitrogens is 1. The summed E-state index contributed by atoms with van der Waals surface area (Å²) in [5.41, 5.74) is 4.14. The van der Waals surface area contributed by atoms with Gasteiger partial charge in [-0.05, 0) is 19.4 Å². The largest absolute Gasteiger partial charge is 0.272 e. The number of nitrogens with one attached hydrogen (secondary N) is 1. The van der Waals surface area contributed by atoms with Crippen molar-refractivity contribution in [1.29, 1.82) is 0 Å². The fourth-order valence-corrected chi connectivity index (χ4v) is 1.80. The maximum atomic E-state index is 13.7. The van der Waals surface area contributed by atoms with Crippen LogP contribution in [0.1, 0.15) is 18.2 Å². The van der Waals surface area contributed by atoms with E-state index in [0.717, 1.165) is 10.9 Å². The van der Waals surface area contributed by atoms with Gasteiger partial charge < -0.3 is 0 Å². The molecule has 0 radical (unpaired) electrons. The Morgan fingerprint density at radius 2 is 2.28 bits per heavy atom. The lowest BCUT2D eigenvalue weighted by atomic mass is 10.1. The monoisotopic (exact) mass is 261 g/mol. The van der Waals surface area contributed by atoms with E-state index >= 15 is 0 Å². The van der Waals surface area contributed by atoms with Crippen LogP contribution in [0, 0.1) is 12.7 Å². The summed E-state index contributed by atoms with van der Waals surface area (Å²) in [4.78, 5) is 4.60. The van der Waals surface area contributed by atoms with Crippen LogP contribution in [0.3, 0.4) is 0 Å². The van der Waals surface area contributed by atoms with E-state index in [2.05, 4.69) is 15.5 Å². The van der Waals surface area contributed by atoms with Crippen molar-refractivity contribution < 1.29 is 4.39 Å². The van der Waals surface area contributed by atoms with E-state index in [0.29, 0.717) is 16.1 Å². The number of rotatable bonds is 2. The Hall–Kier alpha value is -1.88. The molecule has 5 heteroatoms. The maximum Gasteiger partial charge on any atom is 0.149 e. The topological polar surface area (TPSA) is 37.3 Å². The second kappa shape index (κ2) is 5.18. The molecule has 0 amide bonds. The number of fused-ring (bicyclic) bond motifs is 1. The fraction of sp³-hybridized carbons (Fsp3) is 0.154. The first-order valence-electron chi connectivity index (χ1n) is 5.43. The summed E-state index contributed by atoms with van der Waals surface area (Å²) in [6, 6.07) is 5.56. The molecule has 0 saturated carbocycles. The highest BCUT2D eigenvalue weighted by atomic mass is 32.1. The molecule has 0 atom stereocenters. The summed E-state index contributed by atoms with van der Waals surface area (Å²) < 4.78 is 13.7. The molecule has 2 aromatic rings. The van der Waals surface area contributed by atoms with E-state index in [4.69, 9.17) is 12.2 Å². The summed E-state index contributed by atoms with van der Waals surface area (Å²) in [5, 5.41) is 5.26.